The van der Waals surface area contributed by atoms with Crippen molar-refractivity contribution in [2.24, 2.45) is 17.5 Å². The molecule has 1 aromatic rings. The quantitative estimate of drug-likeness (QED) is 0.202. The van der Waals surface area contributed by atoms with Gasteiger partial charge in [-0.15, -0.1) is 0 Å². The average molecular weight is 400 g/mol. The molecule has 0 spiro atoms. The van der Waals surface area contributed by atoms with Crippen molar-refractivity contribution in [3.63, 3.8) is 0 Å². The fraction of sp³-hybridized carbons (Fsp3) is 0.500. The second-order valence-corrected chi connectivity index (χ2v) is 7.64. The van der Waals surface area contributed by atoms with Gasteiger partial charge >= 0.3 is 5.97 Å². The van der Waals surface area contributed by atoms with Gasteiger partial charge in [0.05, 0.1) is 18.2 Å². The molecule has 1 aliphatic rings. The molecule has 26 heavy (non-hydrogen) atoms. The molecular weight excluding hydrogens is 374 g/mol. The van der Waals surface area contributed by atoms with Crippen LogP contribution in [0.1, 0.15) is 39.0 Å². The number of esters is 1. The van der Waals surface area contributed by atoms with E-state index >= 15 is 0 Å². The van der Waals surface area contributed by atoms with Crippen LogP contribution in [0.15, 0.2) is 33.8 Å². The molecule has 1 aromatic carbocycles. The minimum absolute atomic E-state index is 0.0245. The lowest BCUT2D eigenvalue weighted by Gasteiger charge is -2.22. The third kappa shape index (κ3) is 6.00. The number of hydrazine groups is 1. The normalized spacial score (nSPS) is 16.0. The highest BCUT2D eigenvalue weighted by atomic mass is 35.5. The van der Waals surface area contributed by atoms with E-state index in [9.17, 15) is 4.79 Å². The minimum Gasteiger partial charge on any atom is -0.492 e. The largest absolute Gasteiger partial charge is 0.492 e. The summed E-state index contributed by atoms with van der Waals surface area (Å²) < 4.78 is 10.9. The fourth-order valence-electron chi connectivity index (χ4n) is 2.83. The first-order valence-electron chi connectivity index (χ1n) is 8.78. The second-order valence-electron chi connectivity index (χ2n) is 6.11. The molecule has 0 heterocycles. The number of nitrogens with two attached hydrogens (primary N) is 2. The Kier molecular flexibility index (Phi) is 8.41. The summed E-state index contributed by atoms with van der Waals surface area (Å²) in [7, 11) is 0. The number of hydrogen-bond acceptors (Lipinski definition) is 7. The third-order valence-corrected chi connectivity index (χ3v) is 5.43. The van der Waals surface area contributed by atoms with E-state index in [4.69, 9.17) is 32.7 Å². The van der Waals surface area contributed by atoms with Gasteiger partial charge in [0.1, 0.15) is 10.8 Å². The van der Waals surface area contributed by atoms with Gasteiger partial charge in [-0.05, 0) is 43.9 Å². The Morgan fingerprint density at radius 1 is 1.35 bits per heavy atom. The predicted molar refractivity (Wildman–Crippen MR) is 105 cm³/mol. The van der Waals surface area contributed by atoms with Crippen LogP contribution in [0.3, 0.4) is 0 Å². The summed E-state index contributed by atoms with van der Waals surface area (Å²) in [6, 6.07) is 5.39. The molecule has 0 aliphatic heterocycles. The zero-order valence-corrected chi connectivity index (χ0v) is 16.5. The molecule has 5 N–H and O–H groups in total. The standard InChI is InChI=1S/C18H26ClN3O3S/c1-2-24-18(23)16(22-21)17(20)26-13-8-9-14(19)15(10-13)25-11-12-6-4-3-5-7-12/h8-10,12,22H,2-7,11,20-21H2,1H3/b17-16+. The third-order valence-electron chi connectivity index (χ3n) is 4.20. The van der Waals surface area contributed by atoms with Gasteiger partial charge in [0.25, 0.3) is 0 Å². The molecule has 1 saturated carbocycles. The fourth-order valence-corrected chi connectivity index (χ4v) is 3.80. The second kappa shape index (κ2) is 10.5. The van der Waals surface area contributed by atoms with Crippen molar-refractivity contribution in [2.75, 3.05) is 13.2 Å². The summed E-state index contributed by atoms with van der Waals surface area (Å²) in [5.41, 5.74) is 8.32. The van der Waals surface area contributed by atoms with Crippen LogP contribution in [0.5, 0.6) is 5.75 Å². The molecule has 144 valence electrons. The maximum Gasteiger partial charge on any atom is 0.358 e. The van der Waals surface area contributed by atoms with E-state index in [1.165, 1.54) is 43.9 Å². The Morgan fingerprint density at radius 3 is 2.73 bits per heavy atom. The Hall–Kier alpha value is -1.57. The van der Waals surface area contributed by atoms with Crippen molar-refractivity contribution < 1.29 is 14.3 Å². The first kappa shape index (κ1) is 20.7. The summed E-state index contributed by atoms with van der Waals surface area (Å²) in [5.74, 6) is 6.00. The molecule has 0 aromatic heterocycles. The number of nitrogens with one attached hydrogen (secondary N) is 1. The zero-order valence-electron chi connectivity index (χ0n) is 14.9. The Balaban J connectivity index is 2.06. The number of halogens is 1. The van der Waals surface area contributed by atoms with Crippen LogP contribution < -0.4 is 21.7 Å². The number of rotatable bonds is 8. The Bertz CT molecular complexity index is 649. The molecule has 0 amide bonds. The Labute approximate surface area is 163 Å². The molecule has 0 unspecified atom stereocenters. The van der Waals surface area contributed by atoms with E-state index in [0.29, 0.717) is 23.3 Å². The number of thioether (sulfide) groups is 1. The van der Waals surface area contributed by atoms with E-state index < -0.39 is 5.97 Å². The number of hydrogen-bond donors (Lipinski definition) is 3. The molecule has 1 aliphatic carbocycles. The van der Waals surface area contributed by atoms with Gasteiger partial charge < -0.3 is 20.6 Å². The zero-order chi connectivity index (χ0) is 18.9. The van der Waals surface area contributed by atoms with Gasteiger partial charge in [-0.1, -0.05) is 42.6 Å². The predicted octanol–water partition coefficient (Wildman–Crippen LogP) is 3.55. The molecule has 1 fully saturated rings. The van der Waals surface area contributed by atoms with Gasteiger partial charge in [0, 0.05) is 4.90 Å². The number of ether oxygens (including phenoxy) is 2. The summed E-state index contributed by atoms with van der Waals surface area (Å²) in [4.78, 5) is 12.6. The highest BCUT2D eigenvalue weighted by molar-refractivity contribution is 8.03. The van der Waals surface area contributed by atoms with Crippen LogP contribution in [0.25, 0.3) is 0 Å². The van der Waals surface area contributed by atoms with Crippen molar-refractivity contribution >= 4 is 29.3 Å². The summed E-state index contributed by atoms with van der Waals surface area (Å²) >= 11 is 7.44. The van der Waals surface area contributed by atoms with Gasteiger partial charge in [-0.25, -0.2) is 4.79 Å². The molecule has 0 bridgehead atoms. The average Bonchev–Trinajstić information content (AvgIpc) is 2.64. The van der Waals surface area contributed by atoms with E-state index in [0.717, 1.165) is 4.90 Å². The highest BCUT2D eigenvalue weighted by Crippen LogP contribution is 2.34. The van der Waals surface area contributed by atoms with Crippen LogP contribution in [0.4, 0.5) is 0 Å². The summed E-state index contributed by atoms with van der Waals surface area (Å²) in [6.07, 6.45) is 6.25. The van der Waals surface area contributed by atoms with Crippen LogP contribution in [0.2, 0.25) is 5.02 Å². The number of carbonyl (C=O) groups is 1. The molecular formula is C18H26ClN3O3S. The van der Waals surface area contributed by atoms with E-state index in [1.54, 1.807) is 13.0 Å². The lowest BCUT2D eigenvalue weighted by Crippen LogP contribution is -2.30. The van der Waals surface area contributed by atoms with Crippen LogP contribution in [-0.2, 0) is 9.53 Å². The van der Waals surface area contributed by atoms with Gasteiger partial charge in [-0.3, -0.25) is 5.84 Å². The van der Waals surface area contributed by atoms with Crippen molar-refractivity contribution in [1.82, 2.24) is 5.43 Å². The molecule has 8 heteroatoms. The summed E-state index contributed by atoms with van der Waals surface area (Å²) in [6.45, 7) is 2.62. The van der Waals surface area contributed by atoms with Crippen LogP contribution in [0, 0.1) is 5.92 Å². The van der Waals surface area contributed by atoms with Crippen molar-refractivity contribution in [2.45, 2.75) is 43.9 Å². The maximum atomic E-state index is 11.8. The first-order chi connectivity index (χ1) is 12.5. The monoisotopic (exact) mass is 399 g/mol. The molecule has 6 nitrogen and oxygen atoms in total. The highest BCUT2D eigenvalue weighted by Gasteiger charge is 2.17. The van der Waals surface area contributed by atoms with Crippen molar-refractivity contribution in [3.05, 3.63) is 33.9 Å². The number of carbonyl (C=O) groups excluding carboxylic acids is 1. The van der Waals surface area contributed by atoms with Crippen LogP contribution >= 0.6 is 23.4 Å². The van der Waals surface area contributed by atoms with E-state index in [-0.39, 0.29) is 17.3 Å². The molecule has 2 rings (SSSR count). The van der Waals surface area contributed by atoms with Gasteiger partial charge in [0.15, 0.2) is 5.70 Å². The maximum absolute atomic E-state index is 11.8. The smallest absolute Gasteiger partial charge is 0.358 e. The lowest BCUT2D eigenvalue weighted by atomic mass is 9.90. The van der Waals surface area contributed by atoms with Crippen molar-refractivity contribution in [3.8, 4) is 5.75 Å². The lowest BCUT2D eigenvalue weighted by molar-refractivity contribution is -0.139. The topological polar surface area (TPSA) is 99.6 Å². The van der Waals surface area contributed by atoms with Gasteiger partial charge in [-0.2, -0.15) is 0 Å². The Morgan fingerprint density at radius 2 is 2.08 bits per heavy atom. The van der Waals surface area contributed by atoms with E-state index in [2.05, 4.69) is 5.43 Å². The van der Waals surface area contributed by atoms with Crippen LogP contribution in [-0.4, -0.2) is 19.2 Å². The summed E-state index contributed by atoms with van der Waals surface area (Å²) in [5, 5.41) is 0.766. The van der Waals surface area contributed by atoms with E-state index in [1.807, 2.05) is 12.1 Å². The molecule has 0 radical (unpaired) electrons. The first-order valence-corrected chi connectivity index (χ1v) is 9.98. The minimum atomic E-state index is -0.595. The molecule has 0 saturated heterocycles. The number of benzene rings is 1. The van der Waals surface area contributed by atoms with Gasteiger partial charge in [0.2, 0.25) is 0 Å². The SMILES string of the molecule is CCOC(=O)/C(NN)=C(/N)Sc1ccc(Cl)c(OCC2CCCCC2)c1. The molecule has 0 atom stereocenters. The van der Waals surface area contributed by atoms with Crippen molar-refractivity contribution in [1.29, 1.82) is 0 Å².